The predicted octanol–water partition coefficient (Wildman–Crippen LogP) is 2.00. The fraction of sp³-hybridized carbons (Fsp3) is 0.211. The topological polar surface area (TPSA) is 95.6 Å². The van der Waals surface area contributed by atoms with Crippen LogP contribution < -0.4 is 11.1 Å². The van der Waals surface area contributed by atoms with E-state index in [1.54, 1.807) is 38.2 Å². The Bertz CT molecular complexity index is 1340. The van der Waals surface area contributed by atoms with Gasteiger partial charge in [-0.2, -0.15) is 0 Å². The molecule has 28 heavy (non-hydrogen) atoms. The Morgan fingerprint density at radius 1 is 1.29 bits per heavy atom. The predicted molar refractivity (Wildman–Crippen MR) is 105 cm³/mol. The number of carbonyl (C=O) groups is 1. The number of hydrogen-bond donors (Lipinski definition) is 0. The molecule has 0 aliphatic rings. The van der Waals surface area contributed by atoms with E-state index in [9.17, 15) is 14.4 Å². The van der Waals surface area contributed by atoms with Gasteiger partial charge in [0.2, 0.25) is 0 Å². The highest BCUT2D eigenvalue weighted by Crippen LogP contribution is 2.27. The van der Waals surface area contributed by atoms with E-state index in [1.807, 2.05) is 0 Å². The van der Waals surface area contributed by atoms with Crippen molar-refractivity contribution in [2.45, 2.75) is 20.4 Å². The van der Waals surface area contributed by atoms with Crippen LogP contribution >= 0.6 is 11.3 Å². The fourth-order valence-corrected chi connectivity index (χ4v) is 4.05. The van der Waals surface area contributed by atoms with E-state index in [-0.39, 0.29) is 24.3 Å². The van der Waals surface area contributed by atoms with Crippen molar-refractivity contribution in [1.82, 2.24) is 18.9 Å². The molecule has 8 nitrogen and oxygen atoms in total. The van der Waals surface area contributed by atoms with Crippen LogP contribution in [0.5, 0.6) is 0 Å². The third-order valence-corrected chi connectivity index (χ3v) is 5.51. The van der Waals surface area contributed by atoms with Crippen LogP contribution in [0.25, 0.3) is 15.9 Å². The lowest BCUT2D eigenvalue weighted by Gasteiger charge is -2.06. The molecule has 0 unspecified atom stereocenters. The number of hydrogen-bond acceptors (Lipinski definition) is 7. The van der Waals surface area contributed by atoms with Gasteiger partial charge in [-0.3, -0.25) is 18.6 Å². The first-order chi connectivity index (χ1) is 13.5. The second-order valence-corrected chi connectivity index (χ2v) is 7.15. The highest BCUT2D eigenvalue weighted by molar-refractivity contribution is 7.20. The fourth-order valence-electron chi connectivity index (χ4n) is 3.02. The summed E-state index contributed by atoms with van der Waals surface area (Å²) in [5.41, 5.74) is 1.00. The van der Waals surface area contributed by atoms with Crippen LogP contribution in [0.1, 0.15) is 27.9 Å². The molecule has 0 aliphatic carbocycles. The minimum absolute atomic E-state index is 0.104. The molecular formula is C19H16N4O4S. The third kappa shape index (κ3) is 2.99. The van der Waals surface area contributed by atoms with Gasteiger partial charge in [-0.15, -0.1) is 11.3 Å². The SMILES string of the molecule is CCOC(=O)c1sc2ncn(Cc3cc(=O)n4ccccc4n3)c(=O)c2c1C. The molecule has 0 atom stereocenters. The number of pyridine rings is 1. The van der Waals surface area contributed by atoms with Crippen molar-refractivity contribution in [3.8, 4) is 0 Å². The Balaban J connectivity index is 1.79. The number of nitrogens with zero attached hydrogens (tertiary/aromatic N) is 4. The number of fused-ring (bicyclic) bond motifs is 2. The summed E-state index contributed by atoms with van der Waals surface area (Å²) >= 11 is 1.14. The minimum atomic E-state index is -0.460. The van der Waals surface area contributed by atoms with Gasteiger partial charge >= 0.3 is 5.97 Å². The van der Waals surface area contributed by atoms with Crippen molar-refractivity contribution in [1.29, 1.82) is 0 Å². The van der Waals surface area contributed by atoms with E-state index in [0.717, 1.165) is 11.3 Å². The van der Waals surface area contributed by atoms with Gasteiger partial charge in [0, 0.05) is 12.3 Å². The molecule has 0 spiro atoms. The monoisotopic (exact) mass is 396 g/mol. The molecule has 0 saturated heterocycles. The van der Waals surface area contributed by atoms with Crippen molar-refractivity contribution in [2.75, 3.05) is 6.61 Å². The molecule has 9 heteroatoms. The first-order valence-electron chi connectivity index (χ1n) is 8.62. The third-order valence-electron chi connectivity index (χ3n) is 4.33. The number of ether oxygens (including phenoxy) is 1. The molecule has 4 heterocycles. The number of aryl methyl sites for hydroxylation is 1. The van der Waals surface area contributed by atoms with Crippen molar-refractivity contribution in [3.63, 3.8) is 0 Å². The summed E-state index contributed by atoms with van der Waals surface area (Å²) < 4.78 is 7.87. The van der Waals surface area contributed by atoms with E-state index in [1.165, 1.54) is 21.4 Å². The van der Waals surface area contributed by atoms with Crippen LogP contribution in [0, 0.1) is 6.92 Å². The van der Waals surface area contributed by atoms with Gasteiger partial charge in [0.25, 0.3) is 11.1 Å². The summed E-state index contributed by atoms with van der Waals surface area (Å²) in [6, 6.07) is 6.66. The lowest BCUT2D eigenvalue weighted by atomic mass is 10.2. The molecule has 0 aromatic carbocycles. The average Bonchev–Trinajstić information content (AvgIpc) is 3.02. The molecule has 0 aliphatic heterocycles. The Hall–Kier alpha value is -3.33. The van der Waals surface area contributed by atoms with Crippen LogP contribution in [0.2, 0.25) is 0 Å². The lowest BCUT2D eigenvalue weighted by Crippen LogP contribution is -2.23. The van der Waals surface area contributed by atoms with E-state index in [2.05, 4.69) is 9.97 Å². The maximum absolute atomic E-state index is 13.0. The van der Waals surface area contributed by atoms with Gasteiger partial charge < -0.3 is 4.74 Å². The van der Waals surface area contributed by atoms with Gasteiger partial charge in [-0.05, 0) is 31.5 Å². The Morgan fingerprint density at radius 3 is 2.89 bits per heavy atom. The molecule has 0 fully saturated rings. The van der Waals surface area contributed by atoms with E-state index >= 15 is 0 Å². The van der Waals surface area contributed by atoms with E-state index in [0.29, 0.717) is 32.0 Å². The first-order valence-corrected chi connectivity index (χ1v) is 9.44. The standard InChI is InChI=1S/C19H16N4O4S/c1-3-27-19(26)16-11(2)15-17(28-16)20-10-22(18(15)25)9-12-8-14(24)23-7-5-4-6-13(23)21-12/h4-8,10H,3,9H2,1-2H3. The molecule has 0 N–H and O–H groups in total. The van der Waals surface area contributed by atoms with Gasteiger partial charge in [0.05, 0.1) is 30.6 Å². The smallest absolute Gasteiger partial charge is 0.348 e. The van der Waals surface area contributed by atoms with E-state index in [4.69, 9.17) is 4.74 Å². The van der Waals surface area contributed by atoms with Crippen molar-refractivity contribution in [3.05, 3.63) is 73.6 Å². The Kier molecular flexibility index (Phi) is 4.52. The van der Waals surface area contributed by atoms with Crippen LogP contribution in [-0.2, 0) is 11.3 Å². The quantitative estimate of drug-likeness (QED) is 0.490. The van der Waals surface area contributed by atoms with Gasteiger partial charge in [-0.25, -0.2) is 14.8 Å². The van der Waals surface area contributed by atoms with Crippen molar-refractivity contribution >= 4 is 33.2 Å². The summed E-state index contributed by atoms with van der Waals surface area (Å²) in [5, 5.41) is 0.382. The van der Waals surface area contributed by atoms with E-state index < -0.39 is 5.97 Å². The molecule has 0 radical (unpaired) electrons. The Morgan fingerprint density at radius 2 is 2.11 bits per heavy atom. The van der Waals surface area contributed by atoms with Crippen LogP contribution in [-0.4, -0.2) is 31.5 Å². The highest BCUT2D eigenvalue weighted by atomic mass is 32.1. The number of esters is 1. The maximum Gasteiger partial charge on any atom is 0.348 e. The average molecular weight is 396 g/mol. The van der Waals surface area contributed by atoms with Gasteiger partial charge in [-0.1, -0.05) is 6.07 Å². The summed E-state index contributed by atoms with van der Waals surface area (Å²) in [7, 11) is 0. The van der Waals surface area contributed by atoms with Crippen LogP contribution in [0.4, 0.5) is 0 Å². The number of thiophene rings is 1. The minimum Gasteiger partial charge on any atom is -0.462 e. The zero-order valence-corrected chi connectivity index (χ0v) is 16.0. The summed E-state index contributed by atoms with van der Waals surface area (Å²) in [4.78, 5) is 46.9. The first kappa shape index (κ1) is 18.1. The summed E-state index contributed by atoms with van der Waals surface area (Å²) in [6.45, 7) is 3.80. The summed E-state index contributed by atoms with van der Waals surface area (Å²) in [6.07, 6.45) is 3.05. The molecule has 4 rings (SSSR count). The van der Waals surface area contributed by atoms with Crippen LogP contribution in [0.15, 0.2) is 46.4 Å². The molecular weight excluding hydrogens is 380 g/mol. The molecule has 142 valence electrons. The molecule has 0 saturated carbocycles. The highest BCUT2D eigenvalue weighted by Gasteiger charge is 2.20. The molecule has 4 aromatic heterocycles. The van der Waals surface area contributed by atoms with Crippen molar-refractivity contribution < 1.29 is 9.53 Å². The Labute approximate surface area is 162 Å². The maximum atomic E-state index is 13.0. The summed E-state index contributed by atoms with van der Waals surface area (Å²) in [5.74, 6) is -0.460. The zero-order valence-electron chi connectivity index (χ0n) is 15.2. The van der Waals surface area contributed by atoms with Crippen LogP contribution in [0.3, 0.4) is 0 Å². The second-order valence-electron chi connectivity index (χ2n) is 6.15. The van der Waals surface area contributed by atoms with Gasteiger partial charge in [0.15, 0.2) is 0 Å². The number of carbonyl (C=O) groups excluding carboxylic acids is 1. The number of rotatable bonds is 4. The largest absolute Gasteiger partial charge is 0.462 e. The molecule has 4 aromatic rings. The second kappa shape index (κ2) is 7.01. The van der Waals surface area contributed by atoms with Crippen molar-refractivity contribution in [2.24, 2.45) is 0 Å². The zero-order chi connectivity index (χ0) is 19.8. The normalized spacial score (nSPS) is 11.2. The molecule has 0 amide bonds. The lowest BCUT2D eigenvalue weighted by molar-refractivity contribution is 0.0531. The number of aromatic nitrogens is 4. The van der Waals surface area contributed by atoms with Gasteiger partial charge in [0.1, 0.15) is 15.4 Å². The molecule has 0 bridgehead atoms.